The fourth-order valence-corrected chi connectivity index (χ4v) is 3.01. The molecular weight excluding hydrogens is 532 g/mol. The molecule has 0 aromatic heterocycles. The smallest absolute Gasteiger partial charge is 0.550 e. The van der Waals surface area contributed by atoms with Crippen LogP contribution in [0.2, 0.25) is 0 Å². The molecular formula is C21H30N2Na4O10. The Labute approximate surface area is 305 Å². The number of carboxylic acids is 4. The van der Waals surface area contributed by atoms with E-state index in [0.717, 1.165) is 32.1 Å². The number of nitrogens with one attached hydrogen (secondary N) is 2. The topological polar surface area (TPSA) is 219 Å². The summed E-state index contributed by atoms with van der Waals surface area (Å²) in [5.41, 5.74) is 0. The zero-order valence-electron chi connectivity index (χ0n) is 22.4. The van der Waals surface area contributed by atoms with Crippen LogP contribution in [0.1, 0.15) is 83.5 Å². The monoisotopic (exact) mass is 562 g/mol. The van der Waals surface area contributed by atoms with Gasteiger partial charge in [-0.2, -0.15) is 0 Å². The largest absolute Gasteiger partial charge is 1.00 e. The van der Waals surface area contributed by atoms with Gasteiger partial charge in [-0.15, -0.1) is 0 Å². The first-order chi connectivity index (χ1) is 15.5. The van der Waals surface area contributed by atoms with Gasteiger partial charge in [0.2, 0.25) is 11.8 Å². The third-order valence-corrected chi connectivity index (χ3v) is 4.82. The van der Waals surface area contributed by atoms with Crippen LogP contribution < -0.4 is 149 Å². The van der Waals surface area contributed by atoms with Gasteiger partial charge in [-0.05, 0) is 38.5 Å². The molecule has 0 heterocycles. The summed E-state index contributed by atoms with van der Waals surface area (Å²) in [5, 5.41) is 47.1. The molecule has 0 rings (SSSR count). The summed E-state index contributed by atoms with van der Waals surface area (Å²) in [6, 6.07) is -2.74. The summed E-state index contributed by atoms with van der Waals surface area (Å²) >= 11 is 0. The molecule has 12 nitrogen and oxygen atoms in total. The van der Waals surface area contributed by atoms with Crippen LogP contribution in [0.25, 0.3) is 0 Å². The molecule has 2 N–H and O–H groups in total. The zero-order chi connectivity index (χ0) is 25.2. The van der Waals surface area contributed by atoms with Crippen LogP contribution in [0.15, 0.2) is 0 Å². The van der Waals surface area contributed by atoms with Gasteiger partial charge >= 0.3 is 118 Å². The Bertz CT molecular complexity index is 642. The minimum Gasteiger partial charge on any atom is -0.550 e. The SMILES string of the molecule is O=C([O-])CC[C@H](NC(=O)CCCCCCCCCC(=O)N[C@@H](CCC(=O)[O-])C(=O)[O-])C(=O)[O-].[Na+].[Na+].[Na+].[Na+]. The molecule has 37 heavy (non-hydrogen) atoms. The van der Waals surface area contributed by atoms with Crippen molar-refractivity contribution >= 4 is 35.7 Å². The molecule has 0 saturated heterocycles. The van der Waals surface area contributed by atoms with Gasteiger partial charge in [0.1, 0.15) is 0 Å². The van der Waals surface area contributed by atoms with E-state index in [-0.39, 0.29) is 144 Å². The van der Waals surface area contributed by atoms with Gasteiger partial charge in [-0.25, -0.2) is 0 Å². The Morgan fingerprint density at radius 2 is 0.730 bits per heavy atom. The Hall–Kier alpha value is 0.820. The fraction of sp³-hybridized carbons (Fsp3) is 0.714. The van der Waals surface area contributed by atoms with E-state index >= 15 is 0 Å². The summed E-state index contributed by atoms with van der Waals surface area (Å²) in [7, 11) is 0. The van der Waals surface area contributed by atoms with E-state index in [1.165, 1.54) is 0 Å². The molecule has 0 saturated carbocycles. The average molecular weight is 562 g/mol. The first-order valence-corrected chi connectivity index (χ1v) is 10.9. The van der Waals surface area contributed by atoms with Crippen molar-refractivity contribution in [3.05, 3.63) is 0 Å². The van der Waals surface area contributed by atoms with Crippen molar-refractivity contribution < 1.29 is 167 Å². The second-order valence-corrected chi connectivity index (χ2v) is 7.67. The number of hydrogen-bond donors (Lipinski definition) is 2. The van der Waals surface area contributed by atoms with E-state index in [4.69, 9.17) is 0 Å². The summed E-state index contributed by atoms with van der Waals surface area (Å²) in [5.74, 6) is -6.92. The number of carbonyl (C=O) groups excluding carboxylic acids is 6. The van der Waals surface area contributed by atoms with Gasteiger partial charge in [-0.1, -0.05) is 32.1 Å². The predicted octanol–water partition coefficient (Wildman–Crippen LogP) is -16.0. The van der Waals surface area contributed by atoms with Crippen LogP contribution in [-0.4, -0.2) is 47.8 Å². The van der Waals surface area contributed by atoms with Crippen LogP contribution in [-0.2, 0) is 28.8 Å². The quantitative estimate of drug-likeness (QED) is 0.105. The third kappa shape index (κ3) is 29.6. The molecule has 0 unspecified atom stereocenters. The van der Waals surface area contributed by atoms with Crippen molar-refractivity contribution in [1.29, 1.82) is 0 Å². The van der Waals surface area contributed by atoms with Crippen LogP contribution in [0.4, 0.5) is 0 Å². The number of rotatable bonds is 20. The summed E-state index contributed by atoms with van der Waals surface area (Å²) in [4.78, 5) is 66.1. The second-order valence-electron chi connectivity index (χ2n) is 7.67. The third-order valence-electron chi connectivity index (χ3n) is 4.82. The van der Waals surface area contributed by atoms with E-state index in [1.807, 2.05) is 0 Å². The maximum atomic E-state index is 11.8. The van der Waals surface area contributed by atoms with E-state index in [0.29, 0.717) is 12.8 Å². The normalized spacial score (nSPS) is 11.0. The summed E-state index contributed by atoms with van der Waals surface area (Å²) < 4.78 is 0. The van der Waals surface area contributed by atoms with Gasteiger partial charge in [0.25, 0.3) is 0 Å². The van der Waals surface area contributed by atoms with Crippen molar-refractivity contribution in [2.24, 2.45) is 0 Å². The molecule has 0 radical (unpaired) electrons. The van der Waals surface area contributed by atoms with Crippen molar-refractivity contribution in [1.82, 2.24) is 10.6 Å². The van der Waals surface area contributed by atoms with Gasteiger partial charge in [0.05, 0.1) is 24.0 Å². The molecule has 16 heteroatoms. The van der Waals surface area contributed by atoms with Crippen molar-refractivity contribution in [3.63, 3.8) is 0 Å². The van der Waals surface area contributed by atoms with Gasteiger partial charge in [-0.3, -0.25) is 9.59 Å². The number of hydrogen-bond acceptors (Lipinski definition) is 10. The summed E-state index contributed by atoms with van der Waals surface area (Å²) in [6.45, 7) is 0. The van der Waals surface area contributed by atoms with Crippen molar-refractivity contribution in [2.75, 3.05) is 0 Å². The molecule has 2 amide bonds. The van der Waals surface area contributed by atoms with Gasteiger partial charge in [0, 0.05) is 24.8 Å². The molecule has 0 spiro atoms. The Balaban J connectivity index is -0.000000853. The maximum Gasteiger partial charge on any atom is 1.00 e. The van der Waals surface area contributed by atoms with Crippen LogP contribution >= 0.6 is 0 Å². The number of unbranched alkanes of at least 4 members (excludes halogenated alkanes) is 6. The van der Waals surface area contributed by atoms with Crippen LogP contribution in [0.5, 0.6) is 0 Å². The standard InChI is InChI=1S/C21H34N2O10.4Na/c24-16(22-14(20(30)31)10-12-18(26)27)8-6-4-2-1-3-5-7-9-17(25)23-15(21(32)33)11-13-19(28)29;;;;/h14-15H,1-13H2,(H,22,24)(H,23,25)(H,26,27)(H,28,29)(H,30,31)(H,32,33);;;;/q;4*+1/p-4/t14-,15-;;;;/m0..../s1. The number of amides is 2. The molecule has 2 atom stereocenters. The van der Waals surface area contributed by atoms with Gasteiger partial charge < -0.3 is 50.2 Å². The van der Waals surface area contributed by atoms with Crippen molar-refractivity contribution in [2.45, 2.75) is 95.6 Å². The molecule has 0 aromatic rings. The van der Waals surface area contributed by atoms with E-state index in [2.05, 4.69) is 10.6 Å². The minimum atomic E-state index is -1.55. The molecule has 0 aliphatic carbocycles. The number of carboxylic acid groups (broad SMARTS) is 4. The fourth-order valence-electron chi connectivity index (χ4n) is 3.01. The molecule has 0 aliphatic rings. The number of aliphatic carboxylic acids is 4. The van der Waals surface area contributed by atoms with Crippen LogP contribution in [0.3, 0.4) is 0 Å². The van der Waals surface area contributed by atoms with E-state index in [9.17, 15) is 49.2 Å². The van der Waals surface area contributed by atoms with Crippen LogP contribution in [0, 0.1) is 0 Å². The molecule has 0 bridgehead atoms. The molecule has 0 aromatic carbocycles. The minimum absolute atomic E-state index is 0. The number of carbonyl (C=O) groups is 6. The molecule has 0 fully saturated rings. The van der Waals surface area contributed by atoms with Gasteiger partial charge in [0.15, 0.2) is 0 Å². The van der Waals surface area contributed by atoms with E-state index < -0.39 is 60.6 Å². The van der Waals surface area contributed by atoms with Crippen molar-refractivity contribution in [3.8, 4) is 0 Å². The Kier molecular flexibility index (Phi) is 38.3. The summed E-state index contributed by atoms with van der Waals surface area (Å²) in [6.07, 6.45) is 3.63. The predicted molar refractivity (Wildman–Crippen MR) is 104 cm³/mol. The zero-order valence-corrected chi connectivity index (χ0v) is 30.4. The Morgan fingerprint density at radius 1 is 0.459 bits per heavy atom. The second kappa shape index (κ2) is 29.8. The average Bonchev–Trinajstić information content (AvgIpc) is 2.72. The maximum absolute atomic E-state index is 11.8. The molecule has 0 aliphatic heterocycles. The molecule has 188 valence electrons. The Morgan fingerprint density at radius 3 is 0.973 bits per heavy atom. The first kappa shape index (κ1) is 47.6. The van der Waals surface area contributed by atoms with E-state index in [1.54, 1.807) is 0 Å². The first-order valence-electron chi connectivity index (χ1n) is 10.9.